The summed E-state index contributed by atoms with van der Waals surface area (Å²) in [5.74, 6) is 1.01. The van der Waals surface area contributed by atoms with Crippen LogP contribution in [0, 0.1) is 11.8 Å². The minimum Gasteiger partial charge on any atom is -0.444 e. The van der Waals surface area contributed by atoms with E-state index in [2.05, 4.69) is 25.7 Å². The number of likely N-dealkylation sites (tertiary alicyclic amines) is 1. The molecular weight excluding hydrogens is 320 g/mol. The molecule has 146 valence electrons. The molecule has 6 heteroatoms. The lowest BCUT2D eigenvalue weighted by molar-refractivity contribution is -0.211. The zero-order chi connectivity index (χ0) is 18.6. The number of rotatable bonds is 6. The van der Waals surface area contributed by atoms with Crippen LogP contribution in [0.2, 0.25) is 0 Å². The van der Waals surface area contributed by atoms with Crippen molar-refractivity contribution in [2.24, 2.45) is 11.8 Å². The van der Waals surface area contributed by atoms with Crippen LogP contribution >= 0.6 is 0 Å². The van der Waals surface area contributed by atoms with Crippen molar-refractivity contribution in [2.45, 2.75) is 66.0 Å². The quantitative estimate of drug-likeness (QED) is 0.732. The molecule has 0 spiro atoms. The van der Waals surface area contributed by atoms with Gasteiger partial charge in [0.25, 0.3) is 0 Å². The average Bonchev–Trinajstić information content (AvgIpc) is 2.46. The number of nitrogens with zero attached hydrogens (tertiary/aromatic N) is 2. The van der Waals surface area contributed by atoms with Crippen molar-refractivity contribution in [3.63, 3.8) is 0 Å². The third-order valence-corrected chi connectivity index (χ3v) is 4.72. The molecule has 2 atom stereocenters. The first-order valence-electron chi connectivity index (χ1n) is 9.65. The Morgan fingerprint density at radius 2 is 1.92 bits per heavy atom. The van der Waals surface area contributed by atoms with Gasteiger partial charge in [0.2, 0.25) is 0 Å². The number of carbonyl (C=O) groups is 1. The van der Waals surface area contributed by atoms with E-state index in [-0.39, 0.29) is 18.5 Å². The van der Waals surface area contributed by atoms with Gasteiger partial charge in [-0.1, -0.05) is 20.8 Å². The fraction of sp³-hybridized carbons (Fsp3) is 0.947. The van der Waals surface area contributed by atoms with Crippen LogP contribution in [0.5, 0.6) is 0 Å². The van der Waals surface area contributed by atoms with Crippen LogP contribution in [0.4, 0.5) is 4.79 Å². The van der Waals surface area contributed by atoms with Crippen molar-refractivity contribution in [1.29, 1.82) is 0 Å². The van der Waals surface area contributed by atoms with Gasteiger partial charge < -0.3 is 19.1 Å². The number of ether oxygens (including phenoxy) is 3. The highest BCUT2D eigenvalue weighted by Crippen LogP contribution is 2.22. The SMILES string of the molecule is CCC(OC1CN(CC2CN(C(=O)OC(C)(C)C)C2)CCO1)C(C)C. The van der Waals surface area contributed by atoms with Gasteiger partial charge in [-0.25, -0.2) is 4.79 Å². The van der Waals surface area contributed by atoms with Gasteiger partial charge in [0, 0.05) is 38.6 Å². The molecule has 2 rings (SSSR count). The lowest BCUT2D eigenvalue weighted by Gasteiger charge is -2.43. The molecule has 0 radical (unpaired) electrons. The number of hydrogen-bond acceptors (Lipinski definition) is 5. The van der Waals surface area contributed by atoms with E-state index in [9.17, 15) is 4.79 Å². The molecule has 0 N–H and O–H groups in total. The summed E-state index contributed by atoms with van der Waals surface area (Å²) in [6.45, 7) is 17.2. The molecule has 0 aromatic carbocycles. The van der Waals surface area contributed by atoms with Crippen molar-refractivity contribution in [2.75, 3.05) is 39.3 Å². The molecule has 1 amide bonds. The molecule has 6 nitrogen and oxygen atoms in total. The first-order valence-corrected chi connectivity index (χ1v) is 9.65. The number of hydrogen-bond donors (Lipinski definition) is 0. The largest absolute Gasteiger partial charge is 0.444 e. The Balaban J connectivity index is 1.71. The highest BCUT2D eigenvalue weighted by atomic mass is 16.7. The number of amides is 1. The van der Waals surface area contributed by atoms with E-state index in [0.29, 0.717) is 18.4 Å². The predicted octanol–water partition coefficient (Wildman–Crippen LogP) is 2.96. The Morgan fingerprint density at radius 3 is 2.48 bits per heavy atom. The topological polar surface area (TPSA) is 51.2 Å². The van der Waals surface area contributed by atoms with E-state index in [1.54, 1.807) is 4.90 Å². The summed E-state index contributed by atoms with van der Waals surface area (Å²) < 4.78 is 17.3. The maximum atomic E-state index is 12.0. The minimum absolute atomic E-state index is 0.136. The van der Waals surface area contributed by atoms with Gasteiger partial charge in [-0.15, -0.1) is 0 Å². The molecular formula is C19H36N2O4. The van der Waals surface area contributed by atoms with Crippen LogP contribution in [0.25, 0.3) is 0 Å². The lowest BCUT2D eigenvalue weighted by atomic mass is 10.00. The smallest absolute Gasteiger partial charge is 0.410 e. The molecule has 0 aromatic heterocycles. The summed E-state index contributed by atoms with van der Waals surface area (Å²) in [5.41, 5.74) is -0.427. The maximum absolute atomic E-state index is 12.0. The minimum atomic E-state index is -0.427. The summed E-state index contributed by atoms with van der Waals surface area (Å²) in [7, 11) is 0. The van der Waals surface area contributed by atoms with Crippen molar-refractivity contribution >= 4 is 6.09 Å². The van der Waals surface area contributed by atoms with Gasteiger partial charge in [-0.05, 0) is 33.1 Å². The lowest BCUT2D eigenvalue weighted by Crippen LogP contribution is -2.56. The molecule has 2 aliphatic heterocycles. The maximum Gasteiger partial charge on any atom is 0.410 e. The highest BCUT2D eigenvalue weighted by molar-refractivity contribution is 5.69. The van der Waals surface area contributed by atoms with Gasteiger partial charge in [0.15, 0.2) is 6.29 Å². The summed E-state index contributed by atoms with van der Waals surface area (Å²) in [6, 6.07) is 0. The van der Waals surface area contributed by atoms with Crippen LogP contribution in [-0.4, -0.2) is 73.2 Å². The fourth-order valence-electron chi connectivity index (χ4n) is 3.36. The molecule has 2 aliphatic rings. The van der Waals surface area contributed by atoms with Crippen LogP contribution in [0.15, 0.2) is 0 Å². The Morgan fingerprint density at radius 1 is 1.24 bits per heavy atom. The molecule has 0 saturated carbocycles. The van der Waals surface area contributed by atoms with Crippen LogP contribution in [0.3, 0.4) is 0 Å². The third kappa shape index (κ3) is 6.42. The Hall–Kier alpha value is -0.850. The van der Waals surface area contributed by atoms with E-state index in [1.807, 2.05) is 20.8 Å². The first-order chi connectivity index (χ1) is 11.7. The molecule has 2 fully saturated rings. The second-order valence-corrected chi connectivity index (χ2v) is 8.64. The standard InChI is InChI=1S/C19H36N2O4/c1-7-16(14(2)3)24-17-13-20(8-9-23-17)10-15-11-21(12-15)18(22)25-19(4,5)6/h14-17H,7-13H2,1-6H3. The first kappa shape index (κ1) is 20.5. The monoisotopic (exact) mass is 356 g/mol. The van der Waals surface area contributed by atoms with Crippen LogP contribution in [-0.2, 0) is 14.2 Å². The Kier molecular flexibility index (Phi) is 7.11. The van der Waals surface area contributed by atoms with Crippen molar-refractivity contribution in [1.82, 2.24) is 9.80 Å². The normalized spacial score (nSPS) is 24.3. The summed E-state index contributed by atoms with van der Waals surface area (Å²) in [4.78, 5) is 16.2. The number of carbonyl (C=O) groups excluding carboxylic acids is 1. The summed E-state index contributed by atoms with van der Waals surface area (Å²) in [6.07, 6.45) is 0.916. The van der Waals surface area contributed by atoms with E-state index >= 15 is 0 Å². The van der Waals surface area contributed by atoms with E-state index < -0.39 is 5.60 Å². The van der Waals surface area contributed by atoms with Crippen molar-refractivity contribution < 1.29 is 19.0 Å². The van der Waals surface area contributed by atoms with Crippen molar-refractivity contribution in [3.05, 3.63) is 0 Å². The van der Waals surface area contributed by atoms with Gasteiger partial charge in [0.1, 0.15) is 5.60 Å². The Bertz CT molecular complexity index is 430. The number of morpholine rings is 1. The third-order valence-electron chi connectivity index (χ3n) is 4.72. The summed E-state index contributed by atoms with van der Waals surface area (Å²) in [5, 5.41) is 0. The van der Waals surface area contributed by atoms with Crippen LogP contribution in [0.1, 0.15) is 48.0 Å². The van der Waals surface area contributed by atoms with E-state index in [4.69, 9.17) is 14.2 Å². The molecule has 25 heavy (non-hydrogen) atoms. The average molecular weight is 357 g/mol. The Labute approximate surface area is 152 Å². The van der Waals surface area contributed by atoms with Gasteiger partial charge in [0.05, 0.1) is 12.7 Å². The molecule has 2 saturated heterocycles. The predicted molar refractivity (Wildman–Crippen MR) is 97.5 cm³/mol. The van der Waals surface area contributed by atoms with Gasteiger partial charge in [-0.3, -0.25) is 4.90 Å². The van der Waals surface area contributed by atoms with E-state index in [1.165, 1.54) is 0 Å². The molecule has 0 bridgehead atoms. The second-order valence-electron chi connectivity index (χ2n) is 8.64. The van der Waals surface area contributed by atoms with Crippen molar-refractivity contribution in [3.8, 4) is 0 Å². The zero-order valence-electron chi connectivity index (χ0n) is 16.8. The highest BCUT2D eigenvalue weighted by Gasteiger charge is 2.35. The zero-order valence-corrected chi connectivity index (χ0v) is 16.8. The van der Waals surface area contributed by atoms with Gasteiger partial charge in [-0.2, -0.15) is 0 Å². The fourth-order valence-corrected chi connectivity index (χ4v) is 3.36. The van der Waals surface area contributed by atoms with E-state index in [0.717, 1.165) is 39.1 Å². The molecule has 0 aliphatic carbocycles. The second kappa shape index (κ2) is 8.69. The van der Waals surface area contributed by atoms with Crippen LogP contribution < -0.4 is 0 Å². The summed E-state index contributed by atoms with van der Waals surface area (Å²) >= 11 is 0. The van der Waals surface area contributed by atoms with Gasteiger partial charge >= 0.3 is 6.09 Å². The molecule has 2 heterocycles. The molecule has 2 unspecified atom stereocenters. The molecule has 0 aromatic rings.